The van der Waals surface area contributed by atoms with Crippen molar-refractivity contribution >= 4 is 22.4 Å². The lowest BCUT2D eigenvalue weighted by Crippen LogP contribution is -2.61. The molecule has 0 spiro atoms. The highest BCUT2D eigenvalue weighted by atomic mass is 16.5. The normalized spacial score (nSPS) is 18.7. The Morgan fingerprint density at radius 1 is 0.679 bits per heavy atom. The number of β-lactam (4-membered cyclic amide) rings is 1. The highest BCUT2D eigenvalue weighted by Crippen LogP contribution is 2.41. The number of benzene rings is 4. The number of para-hydroxylation sites is 1. The van der Waals surface area contributed by atoms with E-state index in [1.807, 2.05) is 83.8 Å². The van der Waals surface area contributed by atoms with E-state index in [9.17, 15) is 4.79 Å². The highest BCUT2D eigenvalue weighted by molar-refractivity contribution is 6.06. The number of anilines is 1. The van der Waals surface area contributed by atoms with Gasteiger partial charge in [-0.2, -0.15) is 0 Å². The number of carbonyl (C=O) groups is 1. The number of carbonyl (C=O) groups excluding carboxylic acids is 1. The van der Waals surface area contributed by atoms with Gasteiger partial charge in [-0.3, -0.25) is 9.69 Å². The van der Waals surface area contributed by atoms with Crippen molar-refractivity contribution in [3.8, 4) is 5.75 Å². The van der Waals surface area contributed by atoms with Crippen molar-refractivity contribution in [2.45, 2.75) is 12.1 Å². The maximum Gasteiger partial charge on any atom is 0.271 e. The molecule has 1 saturated heterocycles. The van der Waals surface area contributed by atoms with Crippen molar-refractivity contribution in [1.29, 1.82) is 0 Å². The van der Waals surface area contributed by atoms with Gasteiger partial charge in [-0.1, -0.05) is 78.9 Å². The number of hydrogen-bond donors (Lipinski definition) is 0. The summed E-state index contributed by atoms with van der Waals surface area (Å²) in [4.78, 5) is 14.9. The molecule has 1 amide bonds. The standard InChI is InChI=1S/C25H19NO2/c27-25-24(28-22-13-5-2-6-14-22)23(19-10-3-1-4-11-19)26(25)21-16-15-18-9-7-8-12-20(18)17-21/h1-17,23-24H/t23-,24+/m1/s1. The number of amides is 1. The zero-order chi connectivity index (χ0) is 18.9. The first-order valence-corrected chi connectivity index (χ1v) is 9.40. The van der Waals surface area contributed by atoms with Crippen molar-refractivity contribution in [3.63, 3.8) is 0 Å². The van der Waals surface area contributed by atoms with Crippen molar-refractivity contribution in [2.24, 2.45) is 0 Å². The van der Waals surface area contributed by atoms with E-state index in [4.69, 9.17) is 4.74 Å². The number of hydrogen-bond acceptors (Lipinski definition) is 2. The van der Waals surface area contributed by atoms with Gasteiger partial charge in [-0.05, 0) is 40.6 Å². The lowest BCUT2D eigenvalue weighted by atomic mass is 9.89. The molecule has 1 fully saturated rings. The second-order valence-corrected chi connectivity index (χ2v) is 6.95. The summed E-state index contributed by atoms with van der Waals surface area (Å²) in [6.07, 6.45) is -0.531. The molecule has 0 saturated carbocycles. The summed E-state index contributed by atoms with van der Waals surface area (Å²) in [5.74, 6) is 0.688. The van der Waals surface area contributed by atoms with E-state index < -0.39 is 6.10 Å². The molecule has 3 nitrogen and oxygen atoms in total. The lowest BCUT2D eigenvalue weighted by molar-refractivity contribution is -0.135. The summed E-state index contributed by atoms with van der Waals surface area (Å²) in [7, 11) is 0. The predicted octanol–water partition coefficient (Wildman–Crippen LogP) is 5.38. The fraction of sp³-hybridized carbons (Fsp3) is 0.0800. The molecular formula is C25H19NO2. The molecule has 0 aliphatic carbocycles. The summed E-state index contributed by atoms with van der Waals surface area (Å²) in [5, 5.41) is 2.28. The van der Waals surface area contributed by atoms with Crippen LogP contribution in [0.4, 0.5) is 5.69 Å². The minimum Gasteiger partial charge on any atom is -0.478 e. The maximum atomic E-state index is 13.1. The van der Waals surface area contributed by atoms with Crippen LogP contribution in [-0.2, 0) is 4.79 Å². The zero-order valence-electron chi connectivity index (χ0n) is 15.2. The van der Waals surface area contributed by atoms with Crippen molar-refractivity contribution in [1.82, 2.24) is 0 Å². The number of ether oxygens (including phenoxy) is 1. The van der Waals surface area contributed by atoms with Crippen LogP contribution in [0.5, 0.6) is 5.75 Å². The second-order valence-electron chi connectivity index (χ2n) is 6.95. The fourth-order valence-corrected chi connectivity index (χ4v) is 3.81. The molecule has 4 aromatic carbocycles. The van der Waals surface area contributed by atoms with E-state index in [0.717, 1.165) is 22.0 Å². The average Bonchev–Trinajstić information content (AvgIpc) is 2.76. The van der Waals surface area contributed by atoms with Gasteiger partial charge >= 0.3 is 0 Å². The van der Waals surface area contributed by atoms with Crippen molar-refractivity contribution < 1.29 is 9.53 Å². The van der Waals surface area contributed by atoms with Crippen LogP contribution in [0.2, 0.25) is 0 Å². The number of fused-ring (bicyclic) bond motifs is 1. The molecule has 1 heterocycles. The third-order valence-electron chi connectivity index (χ3n) is 5.20. The summed E-state index contributed by atoms with van der Waals surface area (Å²) in [6, 6.07) is 33.8. The average molecular weight is 365 g/mol. The Balaban J connectivity index is 1.53. The molecule has 5 rings (SSSR count). The molecule has 4 aromatic rings. The van der Waals surface area contributed by atoms with E-state index in [-0.39, 0.29) is 11.9 Å². The summed E-state index contributed by atoms with van der Waals surface area (Å²) < 4.78 is 6.08. The topological polar surface area (TPSA) is 29.5 Å². The molecule has 2 atom stereocenters. The molecule has 0 bridgehead atoms. The Morgan fingerprint density at radius 3 is 2.07 bits per heavy atom. The third kappa shape index (κ3) is 2.81. The quantitative estimate of drug-likeness (QED) is 0.455. The third-order valence-corrected chi connectivity index (χ3v) is 5.20. The molecule has 0 unspecified atom stereocenters. The molecule has 28 heavy (non-hydrogen) atoms. The van der Waals surface area contributed by atoms with E-state index >= 15 is 0 Å². The molecule has 0 radical (unpaired) electrons. The van der Waals surface area contributed by atoms with Gasteiger partial charge in [0.05, 0.1) is 0 Å². The number of nitrogens with zero attached hydrogens (tertiary/aromatic N) is 1. The Labute approximate surface area is 163 Å². The Hall–Kier alpha value is -3.59. The van der Waals surface area contributed by atoms with E-state index in [2.05, 4.69) is 24.3 Å². The van der Waals surface area contributed by atoms with Crippen LogP contribution < -0.4 is 9.64 Å². The van der Waals surface area contributed by atoms with Crippen LogP contribution in [-0.4, -0.2) is 12.0 Å². The zero-order valence-corrected chi connectivity index (χ0v) is 15.2. The minimum absolute atomic E-state index is 0.0204. The summed E-state index contributed by atoms with van der Waals surface area (Å²) >= 11 is 0. The molecule has 0 aromatic heterocycles. The van der Waals surface area contributed by atoms with Crippen LogP contribution in [0.15, 0.2) is 103 Å². The van der Waals surface area contributed by atoms with Gasteiger partial charge in [0.2, 0.25) is 6.10 Å². The molecule has 0 N–H and O–H groups in total. The van der Waals surface area contributed by atoms with Gasteiger partial charge in [-0.15, -0.1) is 0 Å². The molecule has 3 heteroatoms. The second kappa shape index (κ2) is 6.86. The molecule has 136 valence electrons. The van der Waals surface area contributed by atoms with Gasteiger partial charge in [0.25, 0.3) is 5.91 Å². The minimum atomic E-state index is -0.531. The Morgan fingerprint density at radius 2 is 1.32 bits per heavy atom. The monoisotopic (exact) mass is 365 g/mol. The van der Waals surface area contributed by atoms with Crippen LogP contribution in [0.25, 0.3) is 10.8 Å². The first-order chi connectivity index (χ1) is 13.8. The molecule has 1 aliphatic heterocycles. The fourth-order valence-electron chi connectivity index (χ4n) is 3.81. The summed E-state index contributed by atoms with van der Waals surface area (Å²) in [6.45, 7) is 0. The van der Waals surface area contributed by atoms with Gasteiger partial charge in [0, 0.05) is 5.69 Å². The SMILES string of the molecule is O=C1[C@@H](Oc2ccccc2)[C@@H](c2ccccc2)N1c1ccc2ccccc2c1. The number of rotatable bonds is 4. The van der Waals surface area contributed by atoms with Crippen LogP contribution in [0.1, 0.15) is 11.6 Å². The van der Waals surface area contributed by atoms with Crippen LogP contribution >= 0.6 is 0 Å². The molecular weight excluding hydrogens is 346 g/mol. The first-order valence-electron chi connectivity index (χ1n) is 9.40. The van der Waals surface area contributed by atoms with Crippen LogP contribution in [0.3, 0.4) is 0 Å². The van der Waals surface area contributed by atoms with Crippen molar-refractivity contribution in [2.75, 3.05) is 4.90 Å². The first kappa shape index (κ1) is 16.6. The van der Waals surface area contributed by atoms with Gasteiger partial charge in [0.1, 0.15) is 11.8 Å². The molecule has 1 aliphatic rings. The highest BCUT2D eigenvalue weighted by Gasteiger charge is 2.51. The van der Waals surface area contributed by atoms with Gasteiger partial charge < -0.3 is 4.74 Å². The van der Waals surface area contributed by atoms with Crippen molar-refractivity contribution in [3.05, 3.63) is 109 Å². The maximum absolute atomic E-state index is 13.1. The Kier molecular flexibility index (Phi) is 4.06. The van der Waals surface area contributed by atoms with Gasteiger partial charge in [-0.25, -0.2) is 0 Å². The Bertz CT molecular complexity index is 1120. The van der Waals surface area contributed by atoms with E-state index in [0.29, 0.717) is 5.75 Å². The lowest BCUT2D eigenvalue weighted by Gasteiger charge is -2.46. The van der Waals surface area contributed by atoms with E-state index in [1.165, 1.54) is 0 Å². The van der Waals surface area contributed by atoms with Crippen LogP contribution in [0, 0.1) is 0 Å². The van der Waals surface area contributed by atoms with Gasteiger partial charge in [0.15, 0.2) is 0 Å². The van der Waals surface area contributed by atoms with E-state index in [1.54, 1.807) is 0 Å². The smallest absolute Gasteiger partial charge is 0.271 e. The predicted molar refractivity (Wildman–Crippen MR) is 111 cm³/mol. The largest absolute Gasteiger partial charge is 0.478 e. The summed E-state index contributed by atoms with van der Waals surface area (Å²) in [5.41, 5.74) is 1.96.